The minimum absolute atomic E-state index is 0.124. The van der Waals surface area contributed by atoms with Crippen LogP contribution >= 0.6 is 11.3 Å². The van der Waals surface area contributed by atoms with E-state index < -0.39 is 10.0 Å². The van der Waals surface area contributed by atoms with Crippen molar-refractivity contribution >= 4 is 37.3 Å². The lowest BCUT2D eigenvalue weighted by Crippen LogP contribution is -2.14. The molecule has 0 aliphatic carbocycles. The largest absolute Gasteiger partial charge is 0.376 e. The molecule has 0 unspecified atom stereocenters. The molecule has 0 amide bonds. The topological polar surface area (TPSA) is 88.3 Å². The summed E-state index contributed by atoms with van der Waals surface area (Å²) < 4.78 is 33.8. The number of anilines is 1. The van der Waals surface area contributed by atoms with Gasteiger partial charge in [-0.3, -0.25) is 9.52 Å². The molecule has 0 bridgehead atoms. The summed E-state index contributed by atoms with van der Waals surface area (Å²) in [5.74, 6) is 0. The van der Waals surface area contributed by atoms with Crippen LogP contribution in [-0.2, 0) is 27.8 Å². The highest BCUT2D eigenvalue weighted by Gasteiger charge is 2.17. The van der Waals surface area contributed by atoms with Crippen LogP contribution in [0, 0.1) is 0 Å². The van der Waals surface area contributed by atoms with Crippen molar-refractivity contribution < 1.29 is 13.2 Å². The molecule has 2 aromatic carbocycles. The average molecular weight is 362 g/mol. The van der Waals surface area contributed by atoms with Crippen molar-refractivity contribution in [3.63, 3.8) is 0 Å². The predicted molar refractivity (Wildman–Crippen MR) is 93.1 cm³/mol. The van der Waals surface area contributed by atoms with Gasteiger partial charge in [0.25, 0.3) is 10.0 Å². The van der Waals surface area contributed by atoms with Crippen LogP contribution in [0.15, 0.2) is 46.1 Å². The van der Waals surface area contributed by atoms with E-state index in [0.29, 0.717) is 29.1 Å². The third kappa shape index (κ3) is 2.83. The highest BCUT2D eigenvalue weighted by Crippen LogP contribution is 2.25. The number of thiazole rings is 1. The summed E-state index contributed by atoms with van der Waals surface area (Å²) in [6, 6.07) is 10.1. The van der Waals surface area contributed by atoms with Crippen LogP contribution in [0.25, 0.3) is 10.2 Å². The molecular formula is C16H14N2O4S2. The minimum Gasteiger partial charge on any atom is -0.376 e. The second-order valence-corrected chi connectivity index (χ2v) is 8.26. The lowest BCUT2D eigenvalue weighted by Gasteiger charge is -2.17. The Balaban J connectivity index is 1.67. The van der Waals surface area contributed by atoms with Crippen molar-refractivity contribution in [2.75, 3.05) is 11.3 Å². The number of hydrogen-bond donors (Lipinski definition) is 2. The van der Waals surface area contributed by atoms with Gasteiger partial charge in [0.1, 0.15) is 0 Å². The Hall–Kier alpha value is -2.16. The van der Waals surface area contributed by atoms with Crippen molar-refractivity contribution in [3.05, 3.63) is 57.2 Å². The first-order valence-corrected chi connectivity index (χ1v) is 9.66. The van der Waals surface area contributed by atoms with E-state index in [2.05, 4.69) is 9.71 Å². The fourth-order valence-electron chi connectivity index (χ4n) is 2.74. The molecule has 124 valence electrons. The first-order valence-electron chi connectivity index (χ1n) is 7.36. The second-order valence-electron chi connectivity index (χ2n) is 5.56. The molecule has 2 N–H and O–H groups in total. The number of sulfonamides is 1. The van der Waals surface area contributed by atoms with Crippen LogP contribution in [0.5, 0.6) is 0 Å². The van der Waals surface area contributed by atoms with Crippen LogP contribution in [0.1, 0.15) is 11.1 Å². The summed E-state index contributed by atoms with van der Waals surface area (Å²) in [5.41, 5.74) is 3.32. The van der Waals surface area contributed by atoms with Gasteiger partial charge in [0, 0.05) is 5.69 Å². The van der Waals surface area contributed by atoms with E-state index in [1.54, 1.807) is 18.2 Å². The molecule has 1 aliphatic rings. The average Bonchev–Trinajstić information content (AvgIpc) is 2.93. The molecule has 0 saturated carbocycles. The third-order valence-corrected chi connectivity index (χ3v) is 6.16. The van der Waals surface area contributed by atoms with Gasteiger partial charge in [-0.15, -0.1) is 0 Å². The molecule has 1 aliphatic heterocycles. The molecule has 24 heavy (non-hydrogen) atoms. The molecule has 0 spiro atoms. The van der Waals surface area contributed by atoms with Crippen LogP contribution in [-0.4, -0.2) is 20.0 Å². The number of H-pyrrole nitrogens is 1. The Kier molecular flexibility index (Phi) is 3.67. The third-order valence-electron chi connectivity index (χ3n) is 3.93. The summed E-state index contributed by atoms with van der Waals surface area (Å²) in [4.78, 5) is 13.9. The Labute approximate surface area is 142 Å². The summed E-state index contributed by atoms with van der Waals surface area (Å²) in [6.07, 6.45) is 0.839. The number of rotatable bonds is 3. The molecule has 0 saturated heterocycles. The molecule has 3 aromatic rings. The van der Waals surface area contributed by atoms with E-state index >= 15 is 0 Å². The van der Waals surface area contributed by atoms with E-state index in [1.165, 1.54) is 17.7 Å². The zero-order valence-corrected chi connectivity index (χ0v) is 14.2. The molecule has 1 aromatic heterocycles. The summed E-state index contributed by atoms with van der Waals surface area (Å²) in [7, 11) is -3.72. The Morgan fingerprint density at radius 2 is 2.00 bits per heavy atom. The van der Waals surface area contributed by atoms with Crippen LogP contribution in [0.3, 0.4) is 0 Å². The summed E-state index contributed by atoms with van der Waals surface area (Å²) in [5, 5.41) is 0. The standard InChI is InChI=1S/C16H14N2O4S2/c19-16-17-14-4-3-13(8-15(14)23-16)24(20,21)18-12-2-1-10-5-6-22-9-11(10)7-12/h1-4,7-8,18H,5-6,9H2,(H,17,19). The molecule has 2 heterocycles. The van der Waals surface area contributed by atoms with Crippen molar-refractivity contribution in [1.82, 2.24) is 4.98 Å². The number of benzene rings is 2. The predicted octanol–water partition coefficient (Wildman–Crippen LogP) is 2.46. The maximum Gasteiger partial charge on any atom is 0.305 e. The maximum atomic E-state index is 12.6. The van der Waals surface area contributed by atoms with Crippen LogP contribution in [0.4, 0.5) is 5.69 Å². The van der Waals surface area contributed by atoms with E-state index in [-0.39, 0.29) is 9.77 Å². The van der Waals surface area contributed by atoms with Gasteiger partial charge in [0.05, 0.1) is 28.3 Å². The lowest BCUT2D eigenvalue weighted by molar-refractivity contribution is 0.111. The molecule has 6 nitrogen and oxygen atoms in total. The summed E-state index contributed by atoms with van der Waals surface area (Å²) in [6.45, 7) is 1.19. The number of aromatic nitrogens is 1. The van der Waals surface area contributed by atoms with E-state index in [9.17, 15) is 13.2 Å². The Bertz CT molecular complexity index is 1080. The highest BCUT2D eigenvalue weighted by molar-refractivity contribution is 7.92. The maximum absolute atomic E-state index is 12.6. The molecule has 0 radical (unpaired) electrons. The molecular weight excluding hydrogens is 348 g/mol. The normalized spacial score (nSPS) is 14.5. The quantitative estimate of drug-likeness (QED) is 0.749. The highest BCUT2D eigenvalue weighted by atomic mass is 32.2. The fourth-order valence-corrected chi connectivity index (χ4v) is 4.66. The van der Waals surface area contributed by atoms with E-state index in [4.69, 9.17) is 4.74 Å². The zero-order chi connectivity index (χ0) is 16.7. The first kappa shape index (κ1) is 15.4. The Morgan fingerprint density at radius 1 is 1.12 bits per heavy atom. The lowest BCUT2D eigenvalue weighted by atomic mass is 10.0. The van der Waals surface area contributed by atoms with Gasteiger partial charge in [0.2, 0.25) is 0 Å². The first-order chi connectivity index (χ1) is 11.5. The molecule has 0 atom stereocenters. The molecule has 0 fully saturated rings. The SMILES string of the molecule is O=c1[nH]c2ccc(S(=O)(=O)Nc3ccc4c(c3)COCC4)cc2s1. The number of fused-ring (bicyclic) bond motifs is 2. The van der Waals surface area contributed by atoms with Crippen molar-refractivity contribution in [3.8, 4) is 0 Å². The van der Waals surface area contributed by atoms with Crippen molar-refractivity contribution in [1.29, 1.82) is 0 Å². The van der Waals surface area contributed by atoms with Crippen molar-refractivity contribution in [2.24, 2.45) is 0 Å². The number of ether oxygens (including phenoxy) is 1. The van der Waals surface area contributed by atoms with Gasteiger partial charge in [0.15, 0.2) is 0 Å². The van der Waals surface area contributed by atoms with Gasteiger partial charge in [-0.1, -0.05) is 17.4 Å². The van der Waals surface area contributed by atoms with Gasteiger partial charge < -0.3 is 9.72 Å². The molecule has 8 heteroatoms. The number of nitrogens with one attached hydrogen (secondary N) is 2. The zero-order valence-electron chi connectivity index (χ0n) is 12.5. The fraction of sp³-hybridized carbons (Fsp3) is 0.188. The van der Waals surface area contributed by atoms with E-state index in [0.717, 1.165) is 23.3 Å². The van der Waals surface area contributed by atoms with Crippen LogP contribution in [0.2, 0.25) is 0 Å². The monoisotopic (exact) mass is 362 g/mol. The smallest absolute Gasteiger partial charge is 0.305 e. The van der Waals surface area contributed by atoms with Gasteiger partial charge in [-0.2, -0.15) is 0 Å². The van der Waals surface area contributed by atoms with Crippen LogP contribution < -0.4 is 9.60 Å². The van der Waals surface area contributed by atoms with Gasteiger partial charge in [-0.05, 0) is 47.9 Å². The second kappa shape index (κ2) is 5.73. The van der Waals surface area contributed by atoms with E-state index in [1.807, 2.05) is 6.07 Å². The molecule has 4 rings (SSSR count). The number of hydrogen-bond acceptors (Lipinski definition) is 5. The summed E-state index contributed by atoms with van der Waals surface area (Å²) >= 11 is 0.987. The number of aromatic amines is 1. The van der Waals surface area contributed by atoms with Crippen molar-refractivity contribution in [2.45, 2.75) is 17.9 Å². The van der Waals surface area contributed by atoms with Gasteiger partial charge in [-0.25, -0.2) is 8.42 Å². The van der Waals surface area contributed by atoms with Gasteiger partial charge >= 0.3 is 4.87 Å². The minimum atomic E-state index is -3.72. The Morgan fingerprint density at radius 3 is 2.88 bits per heavy atom.